The molecule has 3 N–H and O–H groups in total. The maximum atomic E-state index is 10.8. The number of carbonyl (C=O) groups excluding carboxylic acids is 1. The second-order valence-electron chi connectivity index (χ2n) is 11.5. The zero-order valence-electron chi connectivity index (χ0n) is 24.0. The fourth-order valence-corrected chi connectivity index (χ4v) is 4.36. The van der Waals surface area contributed by atoms with Crippen molar-refractivity contribution in [2.24, 2.45) is 5.41 Å². The summed E-state index contributed by atoms with van der Waals surface area (Å²) in [4.78, 5) is 30.2. The van der Waals surface area contributed by atoms with Crippen LogP contribution in [-0.4, -0.2) is 74.0 Å². The Morgan fingerprint density at radius 3 is 2.31 bits per heavy atom. The van der Waals surface area contributed by atoms with E-state index in [1.54, 1.807) is 30.3 Å². The molecule has 39 heavy (non-hydrogen) atoms. The molecule has 1 aliphatic rings. The Bertz CT molecular complexity index is 1340. The van der Waals surface area contributed by atoms with Gasteiger partial charge in [-0.25, -0.2) is 9.97 Å². The molecule has 1 fully saturated rings. The van der Waals surface area contributed by atoms with E-state index >= 15 is 0 Å². The van der Waals surface area contributed by atoms with Crippen molar-refractivity contribution in [2.45, 2.75) is 47.1 Å². The number of piperazine rings is 1. The van der Waals surface area contributed by atoms with Crippen LogP contribution >= 0.6 is 11.6 Å². The Labute approximate surface area is 236 Å². The first-order valence-corrected chi connectivity index (χ1v) is 13.3. The summed E-state index contributed by atoms with van der Waals surface area (Å²) in [5.41, 5.74) is 4.46. The third-order valence-corrected chi connectivity index (χ3v) is 7.19. The quantitative estimate of drug-likeness (QED) is 0.255. The monoisotopic (exact) mass is 549 g/mol. The zero-order valence-corrected chi connectivity index (χ0v) is 24.8. The molecule has 9 heteroatoms. The van der Waals surface area contributed by atoms with E-state index < -0.39 is 0 Å². The first kappa shape index (κ1) is 30.1. The number of allylic oxidation sites excluding steroid dienone is 2. The van der Waals surface area contributed by atoms with E-state index in [1.165, 1.54) is 6.20 Å². The average Bonchev–Trinajstić information content (AvgIpc) is 3.52. The van der Waals surface area contributed by atoms with Crippen LogP contribution in [-0.2, 0) is 0 Å². The smallest absolute Gasteiger partial charge is 0.167 e. The lowest BCUT2D eigenvalue weighted by molar-refractivity contribution is 0.0697. The predicted octanol–water partition coefficient (Wildman–Crippen LogP) is 6.09. The van der Waals surface area contributed by atoms with Gasteiger partial charge in [0, 0.05) is 35.8 Å². The molecule has 1 saturated heterocycles. The summed E-state index contributed by atoms with van der Waals surface area (Å²) in [7, 11) is 2.18. The van der Waals surface area contributed by atoms with Gasteiger partial charge in [-0.15, -0.1) is 0 Å². The van der Waals surface area contributed by atoms with E-state index in [2.05, 4.69) is 57.2 Å². The van der Waals surface area contributed by atoms with Crippen LogP contribution in [0.25, 0.3) is 11.3 Å². The molecule has 8 nitrogen and oxygen atoms in total. The standard InChI is InChI=1S/C17H18ClN3O.C13H22N4/c1-17(2,3)14(16-20-9-13(10-22)21-16)8-15(19)11-4-6-12(18)7-5-11;1-10(12-8-14-11(2)15-12)17-7-6-16(5)13(3,4)9-17/h4-10,19H,1-3H3,(H,20,21);8H,1,6-7,9H2,2-5H3,(H,14,15)/b14-8+,19-15?;. The molecule has 1 aliphatic heterocycles. The molecule has 1 aromatic carbocycles. The van der Waals surface area contributed by atoms with Crippen molar-refractivity contribution >= 4 is 34.9 Å². The Kier molecular flexibility index (Phi) is 9.35. The number of nitrogens with zero attached hydrogens (tertiary/aromatic N) is 4. The van der Waals surface area contributed by atoms with E-state index in [1.807, 2.05) is 33.9 Å². The van der Waals surface area contributed by atoms with E-state index in [0.29, 0.717) is 22.3 Å². The molecule has 2 aromatic heterocycles. The van der Waals surface area contributed by atoms with Crippen molar-refractivity contribution in [1.29, 1.82) is 5.41 Å². The fraction of sp³-hybridized carbons (Fsp3) is 0.400. The third-order valence-electron chi connectivity index (χ3n) is 6.94. The molecule has 0 aliphatic carbocycles. The summed E-state index contributed by atoms with van der Waals surface area (Å²) in [6, 6.07) is 7.13. The number of hydrogen-bond donors (Lipinski definition) is 3. The summed E-state index contributed by atoms with van der Waals surface area (Å²) in [5, 5.41) is 8.92. The first-order valence-electron chi connectivity index (χ1n) is 13.0. The molecule has 208 valence electrons. The number of aldehydes is 1. The summed E-state index contributed by atoms with van der Waals surface area (Å²) in [6.07, 6.45) is 5.86. The Morgan fingerprint density at radius 1 is 1.13 bits per heavy atom. The fourth-order valence-electron chi connectivity index (χ4n) is 4.24. The SMILES string of the molecule is C=C(c1cnc(C)[nH]1)N1CCN(C)C(C)(C)C1.CC(C)(C)/C(=C/C(=N)c1ccc(Cl)cc1)c1ncc(C=O)[nH]1. The number of H-pyrrole nitrogens is 2. The second kappa shape index (κ2) is 12.1. The largest absolute Gasteiger partial charge is 0.367 e. The molecule has 3 heterocycles. The molecule has 3 aromatic rings. The number of likely N-dealkylation sites (N-methyl/N-ethyl adjacent to an activating group) is 1. The minimum Gasteiger partial charge on any atom is -0.367 e. The number of aromatic amines is 2. The Hall–Kier alpha value is -3.49. The van der Waals surface area contributed by atoms with Crippen LogP contribution in [0.2, 0.25) is 5.02 Å². The normalized spacial score (nSPS) is 15.9. The van der Waals surface area contributed by atoms with E-state index in [4.69, 9.17) is 17.0 Å². The summed E-state index contributed by atoms with van der Waals surface area (Å²) in [6.45, 7) is 19.9. The summed E-state index contributed by atoms with van der Waals surface area (Å²) >= 11 is 5.88. The van der Waals surface area contributed by atoms with Gasteiger partial charge in [0.15, 0.2) is 6.29 Å². The first-order chi connectivity index (χ1) is 18.2. The van der Waals surface area contributed by atoms with Crippen LogP contribution in [0.5, 0.6) is 0 Å². The number of hydrogen-bond acceptors (Lipinski definition) is 6. The lowest BCUT2D eigenvalue weighted by atomic mass is 9.84. The summed E-state index contributed by atoms with van der Waals surface area (Å²) < 4.78 is 0. The van der Waals surface area contributed by atoms with Gasteiger partial charge >= 0.3 is 0 Å². The molecule has 0 amide bonds. The van der Waals surface area contributed by atoms with Crippen LogP contribution in [0.3, 0.4) is 0 Å². The highest BCUT2D eigenvalue weighted by molar-refractivity contribution is 6.30. The zero-order chi connectivity index (χ0) is 29.0. The van der Waals surface area contributed by atoms with Crippen molar-refractivity contribution in [1.82, 2.24) is 29.7 Å². The second-order valence-corrected chi connectivity index (χ2v) is 12.0. The molecule has 0 bridgehead atoms. The van der Waals surface area contributed by atoms with Gasteiger partial charge in [0.1, 0.15) is 11.6 Å². The molecular weight excluding hydrogens is 510 g/mol. The molecule has 0 spiro atoms. The van der Waals surface area contributed by atoms with Gasteiger partial charge in [-0.1, -0.05) is 51.1 Å². The molecule has 4 rings (SSSR count). The molecule has 0 radical (unpaired) electrons. The highest BCUT2D eigenvalue weighted by Crippen LogP contribution is 2.33. The minimum atomic E-state index is -0.225. The van der Waals surface area contributed by atoms with E-state index in [0.717, 1.165) is 54.3 Å². The van der Waals surface area contributed by atoms with Crippen LogP contribution in [0.4, 0.5) is 0 Å². The lowest BCUT2D eigenvalue weighted by Gasteiger charge is -2.46. The van der Waals surface area contributed by atoms with Gasteiger partial charge in [0.05, 0.1) is 35.2 Å². The van der Waals surface area contributed by atoms with Gasteiger partial charge in [-0.3, -0.25) is 9.69 Å². The van der Waals surface area contributed by atoms with Crippen LogP contribution in [0.1, 0.15) is 68.0 Å². The number of aryl methyl sites for hydroxylation is 1. The van der Waals surface area contributed by atoms with Crippen LogP contribution in [0, 0.1) is 17.7 Å². The topological polar surface area (TPSA) is 105 Å². The molecule has 0 saturated carbocycles. The van der Waals surface area contributed by atoms with Crippen molar-refractivity contribution in [3.05, 3.63) is 82.9 Å². The third kappa shape index (κ3) is 7.77. The van der Waals surface area contributed by atoms with E-state index in [9.17, 15) is 4.79 Å². The van der Waals surface area contributed by atoms with Gasteiger partial charge in [0.2, 0.25) is 0 Å². The highest BCUT2D eigenvalue weighted by atomic mass is 35.5. The van der Waals surface area contributed by atoms with Crippen LogP contribution < -0.4 is 0 Å². The number of imidazole rings is 2. The molecular formula is C30H40ClN7O. The van der Waals surface area contributed by atoms with Crippen molar-refractivity contribution in [2.75, 3.05) is 26.7 Å². The molecule has 0 unspecified atom stereocenters. The van der Waals surface area contributed by atoms with Crippen molar-refractivity contribution in [3.63, 3.8) is 0 Å². The van der Waals surface area contributed by atoms with Crippen molar-refractivity contribution in [3.8, 4) is 0 Å². The number of benzene rings is 1. The highest BCUT2D eigenvalue weighted by Gasteiger charge is 2.32. The van der Waals surface area contributed by atoms with Crippen molar-refractivity contribution < 1.29 is 4.79 Å². The number of nitrogens with one attached hydrogen (secondary N) is 3. The number of aromatic nitrogens is 4. The maximum absolute atomic E-state index is 10.8. The average molecular weight is 550 g/mol. The minimum absolute atomic E-state index is 0.191. The maximum Gasteiger partial charge on any atom is 0.167 e. The number of rotatable bonds is 6. The lowest BCUT2D eigenvalue weighted by Crippen LogP contribution is -2.56. The van der Waals surface area contributed by atoms with Gasteiger partial charge in [0.25, 0.3) is 0 Å². The Morgan fingerprint density at radius 2 is 1.79 bits per heavy atom. The van der Waals surface area contributed by atoms with E-state index in [-0.39, 0.29) is 11.0 Å². The van der Waals surface area contributed by atoms with Gasteiger partial charge in [-0.05, 0) is 57.0 Å². The number of carbonyl (C=O) groups is 1. The van der Waals surface area contributed by atoms with Crippen LogP contribution in [0.15, 0.2) is 49.3 Å². The Balaban J connectivity index is 0.000000223. The van der Waals surface area contributed by atoms with Gasteiger partial charge < -0.3 is 20.3 Å². The number of halogens is 1. The summed E-state index contributed by atoms with van der Waals surface area (Å²) in [5.74, 6) is 1.54. The van der Waals surface area contributed by atoms with Gasteiger partial charge in [-0.2, -0.15) is 0 Å². The molecule has 0 atom stereocenters. The predicted molar refractivity (Wildman–Crippen MR) is 160 cm³/mol.